The van der Waals surface area contributed by atoms with Crippen molar-refractivity contribution in [2.24, 2.45) is 5.92 Å². The summed E-state index contributed by atoms with van der Waals surface area (Å²) < 4.78 is 9.25. The zero-order chi connectivity index (χ0) is 19.8. The fourth-order valence-electron chi connectivity index (χ4n) is 5.09. The van der Waals surface area contributed by atoms with Gasteiger partial charge in [0.05, 0.1) is 6.54 Å². The predicted octanol–water partition coefficient (Wildman–Crippen LogP) is 2.22. The molecule has 4 heterocycles. The van der Waals surface area contributed by atoms with Crippen LogP contribution in [0.25, 0.3) is 0 Å². The van der Waals surface area contributed by atoms with Crippen LogP contribution in [-0.4, -0.2) is 37.9 Å². The SMILES string of the molecule is O=c1c(=O)n2c(nn1CC1CCCCC1)CO[C@]1(CCN(Cc3ccsc3)C1)C2. The van der Waals surface area contributed by atoms with Crippen molar-refractivity contribution in [3.05, 3.63) is 48.9 Å². The van der Waals surface area contributed by atoms with Gasteiger partial charge in [-0.25, -0.2) is 4.68 Å². The third kappa shape index (κ3) is 3.85. The van der Waals surface area contributed by atoms with Gasteiger partial charge in [-0.2, -0.15) is 16.4 Å². The Labute approximate surface area is 173 Å². The minimum atomic E-state index is -0.482. The van der Waals surface area contributed by atoms with Gasteiger partial charge in [0, 0.05) is 26.2 Å². The van der Waals surface area contributed by atoms with E-state index in [2.05, 4.69) is 26.8 Å². The van der Waals surface area contributed by atoms with E-state index in [9.17, 15) is 9.59 Å². The minimum absolute atomic E-state index is 0.298. The molecule has 0 N–H and O–H groups in total. The topological polar surface area (TPSA) is 69.4 Å². The van der Waals surface area contributed by atoms with Crippen LogP contribution < -0.4 is 11.1 Å². The van der Waals surface area contributed by atoms with Gasteiger partial charge < -0.3 is 4.74 Å². The fraction of sp³-hybridized carbons (Fsp3) is 0.667. The molecule has 156 valence electrons. The van der Waals surface area contributed by atoms with Gasteiger partial charge >= 0.3 is 11.1 Å². The molecule has 0 aromatic carbocycles. The number of hydrogen-bond donors (Lipinski definition) is 0. The summed E-state index contributed by atoms with van der Waals surface area (Å²) >= 11 is 1.71. The molecule has 0 unspecified atom stereocenters. The summed E-state index contributed by atoms with van der Waals surface area (Å²) in [6, 6.07) is 2.15. The number of fused-ring (bicyclic) bond motifs is 1. The Balaban J connectivity index is 1.33. The standard InChI is InChI=1S/C21H28N4O3S/c26-19-20(27)25(11-16-4-2-1-3-5-16)22-18-12-28-21(15-24(18)19)7-8-23(14-21)10-17-6-9-29-13-17/h6,9,13,16H,1-5,7-8,10-12,14-15H2/t21-/m0/s1. The summed E-state index contributed by atoms with van der Waals surface area (Å²) in [5, 5.41) is 8.80. The van der Waals surface area contributed by atoms with Crippen LogP contribution in [0.3, 0.4) is 0 Å². The second kappa shape index (κ2) is 7.81. The summed E-state index contributed by atoms with van der Waals surface area (Å²) in [5.74, 6) is 1.04. The van der Waals surface area contributed by atoms with E-state index in [1.807, 2.05) is 0 Å². The van der Waals surface area contributed by atoms with Crippen LogP contribution in [0.2, 0.25) is 0 Å². The smallest absolute Gasteiger partial charge is 0.332 e. The second-order valence-electron chi connectivity index (χ2n) is 8.86. The molecule has 2 fully saturated rings. The van der Waals surface area contributed by atoms with Crippen molar-refractivity contribution in [2.75, 3.05) is 13.1 Å². The van der Waals surface area contributed by atoms with Crippen molar-refractivity contribution in [2.45, 2.75) is 70.4 Å². The molecule has 2 aromatic rings. The molecular formula is C21H28N4O3S. The van der Waals surface area contributed by atoms with Crippen molar-refractivity contribution in [1.29, 1.82) is 0 Å². The van der Waals surface area contributed by atoms with E-state index in [4.69, 9.17) is 4.74 Å². The van der Waals surface area contributed by atoms with Gasteiger partial charge in [-0.15, -0.1) is 0 Å². The minimum Gasteiger partial charge on any atom is -0.364 e. The second-order valence-corrected chi connectivity index (χ2v) is 9.64. The van der Waals surface area contributed by atoms with Crippen molar-refractivity contribution in [3.8, 4) is 0 Å². The van der Waals surface area contributed by atoms with Crippen molar-refractivity contribution in [1.82, 2.24) is 19.2 Å². The highest BCUT2D eigenvalue weighted by atomic mass is 32.1. The molecule has 1 atom stereocenters. The van der Waals surface area contributed by atoms with E-state index in [1.54, 1.807) is 15.9 Å². The first kappa shape index (κ1) is 19.2. The molecule has 2 aliphatic heterocycles. The maximum Gasteiger partial charge on any atom is 0.332 e. The molecule has 3 aliphatic rings. The van der Waals surface area contributed by atoms with E-state index >= 15 is 0 Å². The third-order valence-corrected chi connectivity index (χ3v) is 7.43. The van der Waals surface area contributed by atoms with E-state index in [-0.39, 0.29) is 0 Å². The first-order chi connectivity index (χ1) is 14.1. The lowest BCUT2D eigenvalue weighted by Crippen LogP contribution is -2.53. The predicted molar refractivity (Wildman–Crippen MR) is 111 cm³/mol. The molecule has 1 spiro atoms. The highest BCUT2D eigenvalue weighted by Gasteiger charge is 2.43. The van der Waals surface area contributed by atoms with Gasteiger partial charge in [0.2, 0.25) is 0 Å². The Morgan fingerprint density at radius 1 is 1.17 bits per heavy atom. The Bertz CT molecular complexity index is 977. The number of nitrogens with zero attached hydrogens (tertiary/aromatic N) is 4. The zero-order valence-electron chi connectivity index (χ0n) is 16.7. The van der Waals surface area contributed by atoms with E-state index < -0.39 is 16.7 Å². The first-order valence-electron chi connectivity index (χ1n) is 10.7. The average Bonchev–Trinajstić information content (AvgIpc) is 3.38. The van der Waals surface area contributed by atoms with Gasteiger partial charge in [0.1, 0.15) is 12.2 Å². The van der Waals surface area contributed by atoms with Crippen LogP contribution in [0.4, 0.5) is 0 Å². The molecule has 1 aliphatic carbocycles. The summed E-state index contributed by atoms with van der Waals surface area (Å²) in [7, 11) is 0. The van der Waals surface area contributed by atoms with Gasteiger partial charge in [-0.3, -0.25) is 19.1 Å². The summed E-state index contributed by atoms with van der Waals surface area (Å²) in [4.78, 5) is 28.0. The van der Waals surface area contributed by atoms with Crippen LogP contribution in [-0.2, 0) is 31.0 Å². The molecule has 0 bridgehead atoms. The molecule has 2 aromatic heterocycles. The molecule has 0 radical (unpaired) electrons. The largest absolute Gasteiger partial charge is 0.364 e. The normalized spacial score (nSPS) is 25.5. The lowest BCUT2D eigenvalue weighted by atomic mass is 9.89. The number of hydrogen-bond acceptors (Lipinski definition) is 6. The number of rotatable bonds is 4. The van der Waals surface area contributed by atoms with Crippen LogP contribution in [0.1, 0.15) is 49.9 Å². The van der Waals surface area contributed by atoms with Gasteiger partial charge in [0.25, 0.3) is 0 Å². The van der Waals surface area contributed by atoms with Crippen LogP contribution in [0, 0.1) is 5.92 Å². The lowest BCUT2D eigenvalue weighted by Gasteiger charge is -2.35. The molecule has 7 nitrogen and oxygen atoms in total. The quantitative estimate of drug-likeness (QED) is 0.715. The number of ether oxygens (including phenoxy) is 1. The molecule has 1 saturated carbocycles. The Morgan fingerprint density at radius 3 is 2.83 bits per heavy atom. The summed E-state index contributed by atoms with van der Waals surface area (Å²) in [6.07, 6.45) is 6.78. The van der Waals surface area contributed by atoms with Gasteiger partial charge in [0.15, 0.2) is 5.82 Å². The Kier molecular flexibility index (Phi) is 5.17. The van der Waals surface area contributed by atoms with Crippen LogP contribution in [0.5, 0.6) is 0 Å². The highest BCUT2D eigenvalue weighted by Crippen LogP contribution is 2.32. The Morgan fingerprint density at radius 2 is 2.03 bits per heavy atom. The summed E-state index contributed by atoms with van der Waals surface area (Å²) in [5.41, 5.74) is -0.00164. The molecule has 1 saturated heterocycles. The first-order valence-corrected chi connectivity index (χ1v) is 11.6. The molecule has 0 amide bonds. The summed E-state index contributed by atoms with van der Waals surface area (Å²) in [6.45, 7) is 3.89. The van der Waals surface area contributed by atoms with E-state index in [0.29, 0.717) is 31.4 Å². The monoisotopic (exact) mass is 416 g/mol. The van der Waals surface area contributed by atoms with Gasteiger partial charge in [-0.05, 0) is 47.6 Å². The van der Waals surface area contributed by atoms with Crippen molar-refractivity contribution < 1.29 is 4.74 Å². The average molecular weight is 417 g/mol. The molecule has 8 heteroatoms. The lowest BCUT2D eigenvalue weighted by molar-refractivity contribution is -0.0860. The van der Waals surface area contributed by atoms with E-state index in [0.717, 1.165) is 38.9 Å². The highest BCUT2D eigenvalue weighted by molar-refractivity contribution is 7.07. The van der Waals surface area contributed by atoms with Crippen molar-refractivity contribution in [3.63, 3.8) is 0 Å². The van der Waals surface area contributed by atoms with Gasteiger partial charge in [-0.1, -0.05) is 19.3 Å². The number of aromatic nitrogens is 3. The number of thiophene rings is 1. The third-order valence-electron chi connectivity index (χ3n) is 6.70. The van der Waals surface area contributed by atoms with Crippen molar-refractivity contribution >= 4 is 11.3 Å². The van der Waals surface area contributed by atoms with E-state index in [1.165, 1.54) is 29.5 Å². The molecular weight excluding hydrogens is 388 g/mol. The Hall–Kier alpha value is -1.77. The molecule has 5 rings (SSSR count). The fourth-order valence-corrected chi connectivity index (χ4v) is 5.75. The van der Waals surface area contributed by atoms with Crippen LogP contribution in [0.15, 0.2) is 26.4 Å². The molecule has 29 heavy (non-hydrogen) atoms. The zero-order valence-corrected chi connectivity index (χ0v) is 17.5. The van der Waals surface area contributed by atoms with Crippen LogP contribution >= 0.6 is 11.3 Å². The number of likely N-dealkylation sites (tertiary alicyclic amines) is 1. The maximum absolute atomic E-state index is 12.9. The maximum atomic E-state index is 12.9.